The Hall–Kier alpha value is -0.0400. The molecule has 0 aromatic heterocycles. The maximum atomic E-state index is 8.98. The number of hydrogen-bond donors (Lipinski definition) is 1. The van der Waals surface area contributed by atoms with E-state index in [0.29, 0.717) is 17.9 Å². The average Bonchev–Trinajstić information content (AvgIpc) is 2.32. The van der Waals surface area contributed by atoms with E-state index in [9.17, 15) is 0 Å². The molecule has 2 atom stereocenters. The van der Waals surface area contributed by atoms with Crippen LogP contribution in [0, 0.1) is 17.3 Å². The zero-order valence-electron chi connectivity index (χ0n) is 8.64. The Bertz CT molecular complexity index is 134. The fourth-order valence-electron chi connectivity index (χ4n) is 2.40. The van der Waals surface area contributed by atoms with Gasteiger partial charge in [0, 0.05) is 6.61 Å². The Morgan fingerprint density at radius 2 is 1.75 bits per heavy atom. The first-order valence-corrected chi connectivity index (χ1v) is 5.12. The maximum Gasteiger partial charge on any atom is 0.0459 e. The normalized spacial score (nSPS) is 31.0. The van der Waals surface area contributed by atoms with E-state index < -0.39 is 0 Å². The maximum absolute atomic E-state index is 8.98. The summed E-state index contributed by atoms with van der Waals surface area (Å²) in [4.78, 5) is 0. The first-order valence-electron chi connectivity index (χ1n) is 5.12. The topological polar surface area (TPSA) is 20.2 Å². The molecule has 1 nitrogen and oxygen atoms in total. The lowest BCUT2D eigenvalue weighted by Gasteiger charge is -2.22. The summed E-state index contributed by atoms with van der Waals surface area (Å²) < 4.78 is 0. The highest BCUT2D eigenvalue weighted by Gasteiger charge is 2.27. The summed E-state index contributed by atoms with van der Waals surface area (Å²) in [7, 11) is 0. The Morgan fingerprint density at radius 1 is 1.17 bits per heavy atom. The molecule has 72 valence electrons. The van der Waals surface area contributed by atoms with E-state index in [4.69, 9.17) is 5.11 Å². The molecule has 0 unspecified atom stereocenters. The summed E-state index contributed by atoms with van der Waals surface area (Å²) in [5, 5.41) is 8.98. The Kier molecular flexibility index (Phi) is 3.16. The summed E-state index contributed by atoms with van der Waals surface area (Å²) in [6.45, 7) is 7.32. The Balaban J connectivity index is 2.28. The minimum absolute atomic E-state index is 0.403. The SMILES string of the molecule is CC(C)(C)C[C@@H]1CC[C@@H](CO)C1. The molecule has 12 heavy (non-hydrogen) atoms. The summed E-state index contributed by atoms with van der Waals surface area (Å²) in [6, 6.07) is 0. The van der Waals surface area contributed by atoms with Gasteiger partial charge < -0.3 is 5.11 Å². The first kappa shape index (κ1) is 10.0. The molecule has 0 radical (unpaired) electrons. The zero-order chi connectivity index (χ0) is 9.19. The third-order valence-corrected chi connectivity index (χ3v) is 2.81. The van der Waals surface area contributed by atoms with Crippen molar-refractivity contribution in [2.45, 2.75) is 46.5 Å². The van der Waals surface area contributed by atoms with Gasteiger partial charge in [0.2, 0.25) is 0 Å². The molecule has 1 N–H and O–H groups in total. The molecule has 1 rings (SSSR count). The summed E-state index contributed by atoms with van der Waals surface area (Å²) in [5.74, 6) is 1.49. The molecule has 0 bridgehead atoms. The third-order valence-electron chi connectivity index (χ3n) is 2.81. The third kappa shape index (κ3) is 3.14. The minimum Gasteiger partial charge on any atom is -0.396 e. The van der Waals surface area contributed by atoms with Gasteiger partial charge in [-0.05, 0) is 36.5 Å². The van der Waals surface area contributed by atoms with Crippen LogP contribution in [0.15, 0.2) is 0 Å². The van der Waals surface area contributed by atoms with Crippen LogP contribution in [0.1, 0.15) is 46.5 Å². The van der Waals surface area contributed by atoms with Crippen molar-refractivity contribution >= 4 is 0 Å². The van der Waals surface area contributed by atoms with Crippen LogP contribution in [0.3, 0.4) is 0 Å². The van der Waals surface area contributed by atoms with E-state index in [0.717, 1.165) is 5.92 Å². The highest BCUT2D eigenvalue weighted by atomic mass is 16.3. The lowest BCUT2D eigenvalue weighted by Crippen LogP contribution is -2.11. The number of aliphatic hydroxyl groups is 1. The van der Waals surface area contributed by atoms with Crippen molar-refractivity contribution in [2.75, 3.05) is 6.61 Å². The molecule has 1 saturated carbocycles. The van der Waals surface area contributed by atoms with Gasteiger partial charge >= 0.3 is 0 Å². The standard InChI is InChI=1S/C11H22O/c1-11(2,3)7-9-4-5-10(6-9)8-12/h9-10,12H,4-8H2,1-3H3/t9-,10-/m1/s1. The second-order valence-corrected chi connectivity index (χ2v) is 5.49. The molecule has 0 aromatic rings. The Morgan fingerprint density at radius 3 is 2.17 bits per heavy atom. The van der Waals surface area contributed by atoms with E-state index in [1.807, 2.05) is 0 Å². The molecular formula is C11H22O. The van der Waals surface area contributed by atoms with Crippen LogP contribution in [-0.4, -0.2) is 11.7 Å². The minimum atomic E-state index is 0.403. The quantitative estimate of drug-likeness (QED) is 0.675. The van der Waals surface area contributed by atoms with Gasteiger partial charge in [-0.3, -0.25) is 0 Å². The molecule has 0 spiro atoms. The van der Waals surface area contributed by atoms with Crippen molar-refractivity contribution in [3.05, 3.63) is 0 Å². The van der Waals surface area contributed by atoms with Crippen molar-refractivity contribution in [1.29, 1.82) is 0 Å². The summed E-state index contributed by atoms with van der Waals surface area (Å²) in [6.07, 6.45) is 5.16. The molecule has 0 heterocycles. The van der Waals surface area contributed by atoms with Crippen molar-refractivity contribution in [3.63, 3.8) is 0 Å². The van der Waals surface area contributed by atoms with Crippen molar-refractivity contribution in [3.8, 4) is 0 Å². The van der Waals surface area contributed by atoms with Crippen molar-refractivity contribution < 1.29 is 5.11 Å². The van der Waals surface area contributed by atoms with Crippen LogP contribution in [0.4, 0.5) is 0 Å². The smallest absolute Gasteiger partial charge is 0.0459 e. The molecule has 0 amide bonds. The molecule has 0 aliphatic heterocycles. The summed E-state index contributed by atoms with van der Waals surface area (Å²) >= 11 is 0. The second kappa shape index (κ2) is 3.78. The van der Waals surface area contributed by atoms with E-state index in [1.165, 1.54) is 25.7 Å². The average molecular weight is 170 g/mol. The predicted molar refractivity (Wildman–Crippen MR) is 52.0 cm³/mol. The van der Waals surface area contributed by atoms with E-state index >= 15 is 0 Å². The lowest BCUT2D eigenvalue weighted by molar-refractivity contribution is 0.219. The van der Waals surface area contributed by atoms with Crippen LogP contribution in [-0.2, 0) is 0 Å². The lowest BCUT2D eigenvalue weighted by atomic mass is 9.84. The van der Waals surface area contributed by atoms with Crippen LogP contribution in [0.2, 0.25) is 0 Å². The molecule has 1 aliphatic carbocycles. The fraction of sp³-hybridized carbons (Fsp3) is 1.00. The van der Waals surface area contributed by atoms with Gasteiger partial charge in [0.25, 0.3) is 0 Å². The number of hydrogen-bond acceptors (Lipinski definition) is 1. The van der Waals surface area contributed by atoms with Crippen LogP contribution in [0.25, 0.3) is 0 Å². The van der Waals surface area contributed by atoms with Crippen LogP contribution >= 0.6 is 0 Å². The van der Waals surface area contributed by atoms with Crippen molar-refractivity contribution in [1.82, 2.24) is 0 Å². The van der Waals surface area contributed by atoms with Gasteiger partial charge in [-0.2, -0.15) is 0 Å². The van der Waals surface area contributed by atoms with Gasteiger partial charge in [-0.1, -0.05) is 27.2 Å². The van der Waals surface area contributed by atoms with Gasteiger partial charge in [0.15, 0.2) is 0 Å². The summed E-state index contributed by atoms with van der Waals surface area (Å²) in [5.41, 5.74) is 0.467. The molecular weight excluding hydrogens is 148 g/mol. The van der Waals surface area contributed by atoms with Gasteiger partial charge in [0.05, 0.1) is 0 Å². The largest absolute Gasteiger partial charge is 0.396 e. The van der Waals surface area contributed by atoms with Crippen LogP contribution < -0.4 is 0 Å². The van der Waals surface area contributed by atoms with Gasteiger partial charge in [-0.15, -0.1) is 0 Å². The molecule has 1 aliphatic rings. The highest BCUT2D eigenvalue weighted by Crippen LogP contribution is 2.37. The Labute approximate surface area is 76.2 Å². The van der Waals surface area contributed by atoms with E-state index in [2.05, 4.69) is 20.8 Å². The number of rotatable bonds is 2. The second-order valence-electron chi connectivity index (χ2n) is 5.49. The fourth-order valence-corrected chi connectivity index (χ4v) is 2.40. The van der Waals surface area contributed by atoms with Crippen LogP contribution in [0.5, 0.6) is 0 Å². The predicted octanol–water partition coefficient (Wildman–Crippen LogP) is 2.83. The molecule has 1 heteroatoms. The van der Waals surface area contributed by atoms with Gasteiger partial charge in [-0.25, -0.2) is 0 Å². The number of aliphatic hydroxyl groups excluding tert-OH is 1. The first-order chi connectivity index (χ1) is 5.51. The van der Waals surface area contributed by atoms with E-state index in [-0.39, 0.29) is 0 Å². The molecule has 1 fully saturated rings. The molecule has 0 aromatic carbocycles. The van der Waals surface area contributed by atoms with E-state index in [1.54, 1.807) is 0 Å². The molecule has 0 saturated heterocycles. The zero-order valence-corrected chi connectivity index (χ0v) is 8.64. The van der Waals surface area contributed by atoms with Gasteiger partial charge in [0.1, 0.15) is 0 Å². The van der Waals surface area contributed by atoms with Crippen molar-refractivity contribution in [2.24, 2.45) is 17.3 Å². The monoisotopic (exact) mass is 170 g/mol. The highest BCUT2D eigenvalue weighted by molar-refractivity contribution is 4.78.